The van der Waals surface area contributed by atoms with E-state index in [1.165, 1.54) is 0 Å². The van der Waals surface area contributed by atoms with E-state index in [1.807, 2.05) is 0 Å². The Balaban J connectivity index is 2.28. The van der Waals surface area contributed by atoms with E-state index >= 15 is 0 Å². The summed E-state index contributed by atoms with van der Waals surface area (Å²) in [5, 5.41) is 8.96. The van der Waals surface area contributed by atoms with E-state index < -0.39 is 17.8 Å². The number of anilines is 1. The molecular weight excluding hydrogens is 252 g/mol. The van der Waals surface area contributed by atoms with Crippen LogP contribution in [0, 0.1) is 0 Å². The number of hydrogen-bond acceptors (Lipinski definition) is 6. The van der Waals surface area contributed by atoms with Gasteiger partial charge in [0, 0.05) is 7.11 Å². The molecule has 0 saturated heterocycles. The second-order valence-electron chi connectivity index (χ2n) is 3.92. The summed E-state index contributed by atoms with van der Waals surface area (Å²) in [6.45, 7) is 0.664. The second-order valence-corrected chi connectivity index (χ2v) is 3.92. The molecule has 19 heavy (non-hydrogen) atoms. The van der Waals surface area contributed by atoms with E-state index in [0.717, 1.165) is 0 Å². The first-order chi connectivity index (χ1) is 9.15. The minimum Gasteiger partial charge on any atom is -0.490 e. The number of rotatable bonds is 5. The number of nitrogens with one attached hydrogen (secondary N) is 2. The molecule has 0 radical (unpaired) electrons. The molecule has 1 aliphatic heterocycles. The molecule has 3 N–H and O–H groups in total. The lowest BCUT2D eigenvalue weighted by atomic mass is 10.00. The summed E-state index contributed by atoms with van der Waals surface area (Å²) >= 11 is 0. The van der Waals surface area contributed by atoms with E-state index in [9.17, 15) is 9.59 Å². The average Bonchev–Trinajstić information content (AvgIpc) is 2.39. The van der Waals surface area contributed by atoms with Gasteiger partial charge in [-0.05, 0) is 12.1 Å². The molecule has 2 rings (SSSR count). The standard InChI is InChI=1S/C12H14N2O5/c1-18-5-6-19-8-4-2-3-7-9(8)11(15)10(12(16)17)14-13-7/h2-4,10,13-14H,5-6H2,1H3,(H,16,17). The molecule has 0 bridgehead atoms. The highest BCUT2D eigenvalue weighted by Gasteiger charge is 2.34. The highest BCUT2D eigenvalue weighted by molar-refractivity contribution is 6.17. The number of carbonyl (C=O) groups excluding carboxylic acids is 1. The van der Waals surface area contributed by atoms with Gasteiger partial charge in [0.05, 0.1) is 17.9 Å². The summed E-state index contributed by atoms with van der Waals surface area (Å²) in [4.78, 5) is 23.1. The lowest BCUT2D eigenvalue weighted by Gasteiger charge is -2.25. The van der Waals surface area contributed by atoms with Crippen molar-refractivity contribution in [3.63, 3.8) is 0 Å². The number of hydrazine groups is 1. The second kappa shape index (κ2) is 5.68. The van der Waals surface area contributed by atoms with Crippen LogP contribution in [0.1, 0.15) is 10.4 Å². The minimum atomic E-state index is -1.32. The van der Waals surface area contributed by atoms with Crippen LogP contribution in [0.15, 0.2) is 18.2 Å². The third-order valence-corrected chi connectivity index (χ3v) is 2.68. The van der Waals surface area contributed by atoms with Crippen molar-refractivity contribution in [2.45, 2.75) is 6.04 Å². The van der Waals surface area contributed by atoms with Gasteiger partial charge in [0.25, 0.3) is 0 Å². The van der Waals surface area contributed by atoms with Crippen LogP contribution in [0.4, 0.5) is 5.69 Å². The van der Waals surface area contributed by atoms with E-state index in [2.05, 4.69) is 10.9 Å². The third kappa shape index (κ3) is 2.67. The van der Waals surface area contributed by atoms with Gasteiger partial charge in [-0.1, -0.05) is 6.07 Å². The van der Waals surface area contributed by atoms with E-state index in [-0.39, 0.29) is 12.2 Å². The maximum atomic E-state index is 12.1. The number of ether oxygens (including phenoxy) is 2. The molecule has 0 fully saturated rings. The molecule has 1 aromatic rings. The Morgan fingerprint density at radius 3 is 2.89 bits per heavy atom. The van der Waals surface area contributed by atoms with Gasteiger partial charge in [0.2, 0.25) is 0 Å². The molecule has 1 heterocycles. The highest BCUT2D eigenvalue weighted by Crippen LogP contribution is 2.30. The van der Waals surface area contributed by atoms with Crippen LogP contribution in [-0.2, 0) is 9.53 Å². The predicted octanol–water partition coefficient (Wildman–Crippen LogP) is 0.278. The van der Waals surface area contributed by atoms with Gasteiger partial charge in [0.1, 0.15) is 12.4 Å². The Morgan fingerprint density at radius 1 is 1.42 bits per heavy atom. The zero-order chi connectivity index (χ0) is 13.8. The van der Waals surface area contributed by atoms with Gasteiger partial charge >= 0.3 is 5.97 Å². The van der Waals surface area contributed by atoms with E-state index in [4.69, 9.17) is 14.6 Å². The summed E-state index contributed by atoms with van der Waals surface area (Å²) in [6, 6.07) is 3.68. The molecule has 1 unspecified atom stereocenters. The van der Waals surface area contributed by atoms with Gasteiger partial charge in [-0.25, -0.2) is 10.2 Å². The van der Waals surface area contributed by atoms with Gasteiger partial charge < -0.3 is 20.0 Å². The minimum absolute atomic E-state index is 0.241. The molecule has 7 heteroatoms. The lowest BCUT2D eigenvalue weighted by molar-refractivity contribution is -0.138. The van der Waals surface area contributed by atoms with Gasteiger partial charge in [0.15, 0.2) is 11.8 Å². The fourth-order valence-corrected chi connectivity index (χ4v) is 1.78. The summed E-state index contributed by atoms with van der Waals surface area (Å²) in [7, 11) is 1.54. The third-order valence-electron chi connectivity index (χ3n) is 2.68. The molecule has 0 spiro atoms. The number of hydrogen-bond donors (Lipinski definition) is 3. The summed E-state index contributed by atoms with van der Waals surface area (Å²) < 4.78 is 10.3. The molecule has 0 aromatic heterocycles. The molecule has 7 nitrogen and oxygen atoms in total. The average molecular weight is 266 g/mol. The molecule has 0 saturated carbocycles. The summed E-state index contributed by atoms with van der Waals surface area (Å²) in [6.07, 6.45) is 0. The number of carbonyl (C=O) groups is 2. The van der Waals surface area contributed by atoms with Crippen molar-refractivity contribution >= 4 is 17.4 Å². The quantitative estimate of drug-likeness (QED) is 0.520. The molecule has 1 aromatic carbocycles. The highest BCUT2D eigenvalue weighted by atomic mass is 16.5. The number of methoxy groups -OCH3 is 1. The monoisotopic (exact) mass is 266 g/mol. The van der Waals surface area contributed by atoms with Crippen molar-refractivity contribution in [3.8, 4) is 5.75 Å². The summed E-state index contributed by atoms with van der Waals surface area (Å²) in [5.41, 5.74) is 5.87. The first-order valence-electron chi connectivity index (χ1n) is 5.68. The van der Waals surface area contributed by atoms with Crippen molar-refractivity contribution < 1.29 is 24.2 Å². The first kappa shape index (κ1) is 13.3. The SMILES string of the molecule is COCCOc1cccc2c1C(=O)C(C(=O)O)NN2. The van der Waals surface area contributed by atoms with Crippen molar-refractivity contribution in [3.05, 3.63) is 23.8 Å². The van der Waals surface area contributed by atoms with Crippen LogP contribution in [-0.4, -0.2) is 43.2 Å². The van der Waals surface area contributed by atoms with E-state index in [1.54, 1.807) is 25.3 Å². The van der Waals surface area contributed by atoms with Crippen molar-refractivity contribution in [1.29, 1.82) is 0 Å². The Kier molecular flexibility index (Phi) is 3.98. The van der Waals surface area contributed by atoms with Crippen molar-refractivity contribution in [2.24, 2.45) is 0 Å². The van der Waals surface area contributed by atoms with Gasteiger partial charge in [-0.15, -0.1) is 0 Å². The number of aliphatic carboxylic acids is 1. The summed E-state index contributed by atoms with van der Waals surface area (Å²) in [5.74, 6) is -1.43. The number of carboxylic acid groups (broad SMARTS) is 1. The zero-order valence-electron chi connectivity index (χ0n) is 10.3. The van der Waals surface area contributed by atoms with Gasteiger partial charge in [-0.3, -0.25) is 4.79 Å². The smallest absolute Gasteiger partial charge is 0.330 e. The fourth-order valence-electron chi connectivity index (χ4n) is 1.78. The topological polar surface area (TPSA) is 96.9 Å². The van der Waals surface area contributed by atoms with Crippen LogP contribution in [0.25, 0.3) is 0 Å². The largest absolute Gasteiger partial charge is 0.490 e. The maximum Gasteiger partial charge on any atom is 0.330 e. The molecule has 0 aliphatic carbocycles. The fraction of sp³-hybridized carbons (Fsp3) is 0.333. The zero-order valence-corrected chi connectivity index (χ0v) is 10.3. The first-order valence-corrected chi connectivity index (χ1v) is 5.68. The molecule has 1 aliphatic rings. The van der Waals surface area contributed by atoms with Crippen LogP contribution in [0.3, 0.4) is 0 Å². The number of Topliss-reactive ketones (excluding diaryl/α,β-unsaturated/α-hetero) is 1. The van der Waals surface area contributed by atoms with Crippen LogP contribution in [0.2, 0.25) is 0 Å². The Labute approximate surface area is 109 Å². The Hall–Kier alpha value is -2.12. The molecule has 1 atom stereocenters. The van der Waals surface area contributed by atoms with Crippen LogP contribution in [0.5, 0.6) is 5.75 Å². The number of fused-ring (bicyclic) bond motifs is 1. The Bertz CT molecular complexity index is 503. The van der Waals surface area contributed by atoms with Crippen molar-refractivity contribution in [1.82, 2.24) is 5.43 Å². The number of carboxylic acids is 1. The van der Waals surface area contributed by atoms with Gasteiger partial charge in [-0.2, -0.15) is 0 Å². The molecular formula is C12H14N2O5. The normalized spacial score (nSPS) is 17.5. The van der Waals surface area contributed by atoms with Crippen LogP contribution < -0.4 is 15.6 Å². The van der Waals surface area contributed by atoms with Crippen molar-refractivity contribution in [2.75, 3.05) is 25.7 Å². The molecule has 0 amide bonds. The Morgan fingerprint density at radius 2 is 2.21 bits per heavy atom. The number of ketones is 1. The van der Waals surface area contributed by atoms with E-state index in [0.29, 0.717) is 18.0 Å². The number of benzene rings is 1. The maximum absolute atomic E-state index is 12.1. The predicted molar refractivity (Wildman–Crippen MR) is 66.3 cm³/mol. The lowest BCUT2D eigenvalue weighted by Crippen LogP contribution is -2.50. The molecule has 102 valence electrons. The van der Waals surface area contributed by atoms with Crippen LogP contribution >= 0.6 is 0 Å².